The molecule has 0 radical (unpaired) electrons. The molecule has 1 heterocycles. The van der Waals surface area contributed by atoms with E-state index in [1.165, 1.54) is 25.3 Å². The van der Waals surface area contributed by atoms with Gasteiger partial charge in [-0.2, -0.15) is 0 Å². The van der Waals surface area contributed by atoms with E-state index < -0.39 is 0 Å². The van der Waals surface area contributed by atoms with Crippen LogP contribution in [0, 0.1) is 18.7 Å². The van der Waals surface area contributed by atoms with E-state index in [9.17, 15) is 9.18 Å². The van der Waals surface area contributed by atoms with Crippen molar-refractivity contribution in [3.63, 3.8) is 0 Å². The van der Waals surface area contributed by atoms with E-state index in [0.29, 0.717) is 6.54 Å². The molecule has 3 nitrogen and oxygen atoms in total. The number of carbonyl (C=O) groups excluding carboxylic acids is 1. The summed E-state index contributed by atoms with van der Waals surface area (Å²) >= 11 is 0. The van der Waals surface area contributed by atoms with E-state index in [-0.39, 0.29) is 17.6 Å². The maximum absolute atomic E-state index is 13.4. The van der Waals surface area contributed by atoms with E-state index in [2.05, 4.69) is 10.3 Å². The van der Waals surface area contributed by atoms with E-state index in [1.54, 1.807) is 12.1 Å². The lowest BCUT2D eigenvalue weighted by atomic mass is 9.88. The number of aromatic amines is 1. The predicted octanol–water partition coefficient (Wildman–Crippen LogP) is 3.85. The Bertz CT molecular complexity index is 671. The van der Waals surface area contributed by atoms with Crippen LogP contribution in [0.3, 0.4) is 0 Å². The minimum atomic E-state index is -0.223. The van der Waals surface area contributed by atoms with Gasteiger partial charge in [0.25, 0.3) is 0 Å². The minimum absolute atomic E-state index is 0.184. The molecule has 118 valence electrons. The molecular weight excluding hydrogens is 279 g/mol. The lowest BCUT2D eigenvalue weighted by molar-refractivity contribution is -0.125. The van der Waals surface area contributed by atoms with E-state index in [1.807, 2.05) is 6.92 Å². The Morgan fingerprint density at radius 3 is 2.86 bits per heavy atom. The number of hydrogen-bond donors (Lipinski definition) is 2. The first-order valence-corrected chi connectivity index (χ1v) is 8.19. The summed E-state index contributed by atoms with van der Waals surface area (Å²) in [5, 5.41) is 3.97. The quantitative estimate of drug-likeness (QED) is 0.885. The van der Waals surface area contributed by atoms with Gasteiger partial charge in [0.05, 0.1) is 0 Å². The van der Waals surface area contributed by atoms with Crippen molar-refractivity contribution in [1.29, 1.82) is 0 Å². The van der Waals surface area contributed by atoms with Gasteiger partial charge in [0, 0.05) is 29.1 Å². The summed E-state index contributed by atoms with van der Waals surface area (Å²) in [4.78, 5) is 15.4. The van der Waals surface area contributed by atoms with Crippen LogP contribution in [0.2, 0.25) is 0 Å². The smallest absolute Gasteiger partial charge is 0.223 e. The van der Waals surface area contributed by atoms with Crippen molar-refractivity contribution in [3.05, 3.63) is 35.3 Å². The highest BCUT2D eigenvalue weighted by atomic mass is 19.1. The Kier molecular flexibility index (Phi) is 4.46. The first kappa shape index (κ1) is 15.1. The number of hydrogen-bond acceptors (Lipinski definition) is 1. The Balaban J connectivity index is 1.62. The zero-order valence-corrected chi connectivity index (χ0v) is 13.0. The molecule has 2 N–H and O–H groups in total. The van der Waals surface area contributed by atoms with Crippen LogP contribution >= 0.6 is 0 Å². The van der Waals surface area contributed by atoms with Crippen LogP contribution in [-0.2, 0) is 11.2 Å². The van der Waals surface area contributed by atoms with E-state index >= 15 is 0 Å². The summed E-state index contributed by atoms with van der Waals surface area (Å²) < 4.78 is 13.4. The largest absolute Gasteiger partial charge is 0.358 e. The molecule has 0 unspecified atom stereocenters. The number of benzene rings is 1. The highest BCUT2D eigenvalue weighted by Crippen LogP contribution is 2.25. The molecule has 0 spiro atoms. The van der Waals surface area contributed by atoms with Gasteiger partial charge in [-0.3, -0.25) is 4.79 Å². The second-order valence-corrected chi connectivity index (χ2v) is 6.29. The standard InChI is InChI=1S/C18H23FN2O/c1-12-15(16-11-14(19)7-8-17(16)21-12)9-10-20-18(22)13-5-3-2-4-6-13/h7-8,11,13,21H,2-6,9-10H2,1H3,(H,20,22). The second-order valence-electron chi connectivity index (χ2n) is 6.29. The monoisotopic (exact) mass is 302 g/mol. The van der Waals surface area contributed by atoms with Gasteiger partial charge in [-0.1, -0.05) is 19.3 Å². The molecule has 0 saturated heterocycles. The summed E-state index contributed by atoms with van der Waals surface area (Å²) in [5.74, 6) is 0.151. The second kappa shape index (κ2) is 6.51. The Morgan fingerprint density at radius 1 is 1.32 bits per heavy atom. The van der Waals surface area contributed by atoms with Gasteiger partial charge < -0.3 is 10.3 Å². The van der Waals surface area contributed by atoms with Crippen molar-refractivity contribution in [2.75, 3.05) is 6.54 Å². The number of aromatic nitrogens is 1. The van der Waals surface area contributed by atoms with Crippen LogP contribution in [0.4, 0.5) is 4.39 Å². The van der Waals surface area contributed by atoms with Crippen LogP contribution in [0.5, 0.6) is 0 Å². The first-order chi connectivity index (χ1) is 10.6. The SMILES string of the molecule is Cc1[nH]c2ccc(F)cc2c1CCNC(=O)C1CCCCC1. The molecule has 0 bridgehead atoms. The zero-order valence-electron chi connectivity index (χ0n) is 13.0. The highest BCUT2D eigenvalue weighted by molar-refractivity contribution is 5.85. The molecule has 0 aliphatic heterocycles. The van der Waals surface area contributed by atoms with Gasteiger partial charge in [0.15, 0.2) is 0 Å². The van der Waals surface area contributed by atoms with Gasteiger partial charge in [-0.05, 0) is 49.9 Å². The topological polar surface area (TPSA) is 44.9 Å². The molecule has 0 atom stereocenters. The molecule has 1 aromatic carbocycles. The van der Waals surface area contributed by atoms with Gasteiger partial charge in [-0.15, -0.1) is 0 Å². The summed E-state index contributed by atoms with van der Waals surface area (Å²) in [7, 11) is 0. The van der Waals surface area contributed by atoms with Crippen LogP contribution in [0.15, 0.2) is 18.2 Å². The third kappa shape index (κ3) is 3.16. The molecule has 1 aromatic heterocycles. The fourth-order valence-corrected chi connectivity index (χ4v) is 3.50. The number of carbonyl (C=O) groups is 1. The Labute approximate surface area is 130 Å². The van der Waals surface area contributed by atoms with Gasteiger partial charge in [0.2, 0.25) is 5.91 Å². The first-order valence-electron chi connectivity index (χ1n) is 8.19. The normalized spacial score (nSPS) is 16.1. The maximum atomic E-state index is 13.4. The molecule has 1 aliphatic carbocycles. The average Bonchev–Trinajstić information content (AvgIpc) is 2.83. The van der Waals surface area contributed by atoms with Crippen LogP contribution in [0.1, 0.15) is 43.4 Å². The number of halogens is 1. The number of H-pyrrole nitrogens is 1. The third-order valence-corrected chi connectivity index (χ3v) is 4.73. The summed E-state index contributed by atoms with van der Waals surface area (Å²) in [6.45, 7) is 2.61. The Hall–Kier alpha value is -1.84. The molecular formula is C18H23FN2O. The molecule has 2 aromatic rings. The van der Waals surface area contributed by atoms with Crippen LogP contribution in [-0.4, -0.2) is 17.4 Å². The van der Waals surface area contributed by atoms with Crippen molar-refractivity contribution in [3.8, 4) is 0 Å². The van der Waals surface area contributed by atoms with Gasteiger partial charge >= 0.3 is 0 Å². The van der Waals surface area contributed by atoms with Crippen LogP contribution in [0.25, 0.3) is 10.9 Å². The lowest BCUT2D eigenvalue weighted by Crippen LogP contribution is -2.33. The Morgan fingerprint density at radius 2 is 2.09 bits per heavy atom. The predicted molar refractivity (Wildman–Crippen MR) is 86.3 cm³/mol. The summed E-state index contributed by atoms with van der Waals surface area (Å²) in [6, 6.07) is 4.80. The summed E-state index contributed by atoms with van der Waals surface area (Å²) in [6.07, 6.45) is 6.35. The highest BCUT2D eigenvalue weighted by Gasteiger charge is 2.20. The van der Waals surface area contributed by atoms with Crippen molar-refractivity contribution in [2.24, 2.45) is 5.92 Å². The average molecular weight is 302 g/mol. The number of aryl methyl sites for hydroxylation is 1. The molecule has 1 saturated carbocycles. The summed E-state index contributed by atoms with van der Waals surface area (Å²) in [5.41, 5.74) is 3.10. The van der Waals surface area contributed by atoms with Crippen molar-refractivity contribution >= 4 is 16.8 Å². The van der Waals surface area contributed by atoms with Crippen LogP contribution < -0.4 is 5.32 Å². The number of fused-ring (bicyclic) bond motifs is 1. The fraction of sp³-hybridized carbons (Fsp3) is 0.500. The fourth-order valence-electron chi connectivity index (χ4n) is 3.50. The van der Waals surface area contributed by atoms with E-state index in [0.717, 1.165) is 41.4 Å². The maximum Gasteiger partial charge on any atom is 0.223 e. The minimum Gasteiger partial charge on any atom is -0.358 e. The number of amides is 1. The van der Waals surface area contributed by atoms with Gasteiger partial charge in [0.1, 0.15) is 5.82 Å². The van der Waals surface area contributed by atoms with Crippen molar-refractivity contribution in [1.82, 2.24) is 10.3 Å². The van der Waals surface area contributed by atoms with Gasteiger partial charge in [-0.25, -0.2) is 4.39 Å². The molecule has 3 rings (SSSR count). The molecule has 4 heteroatoms. The molecule has 1 amide bonds. The number of rotatable bonds is 4. The zero-order chi connectivity index (χ0) is 15.5. The third-order valence-electron chi connectivity index (χ3n) is 4.73. The lowest BCUT2D eigenvalue weighted by Gasteiger charge is -2.20. The van der Waals surface area contributed by atoms with Crippen molar-refractivity contribution < 1.29 is 9.18 Å². The molecule has 1 fully saturated rings. The van der Waals surface area contributed by atoms with E-state index in [4.69, 9.17) is 0 Å². The van der Waals surface area contributed by atoms with Crippen molar-refractivity contribution in [2.45, 2.75) is 45.4 Å². The number of nitrogens with one attached hydrogen (secondary N) is 2. The molecule has 22 heavy (non-hydrogen) atoms. The molecule has 1 aliphatic rings.